The lowest BCUT2D eigenvalue weighted by Crippen LogP contribution is -2.28. The summed E-state index contributed by atoms with van der Waals surface area (Å²) in [5.41, 5.74) is 2.28. The number of amides is 1. The minimum atomic E-state index is -0.00766. The Morgan fingerprint density at radius 2 is 2.08 bits per heavy atom. The number of para-hydroxylation sites is 1. The Hall–Kier alpha value is -2.63. The molecule has 0 saturated carbocycles. The number of carbonyl (C=O) groups is 1. The second-order valence-electron chi connectivity index (χ2n) is 6.73. The summed E-state index contributed by atoms with van der Waals surface area (Å²) in [5.74, 6) is 1.90. The maximum absolute atomic E-state index is 12.4. The van der Waals surface area contributed by atoms with Gasteiger partial charge >= 0.3 is 0 Å². The molecule has 4 rings (SSSR count). The van der Waals surface area contributed by atoms with Crippen LogP contribution in [0.2, 0.25) is 0 Å². The van der Waals surface area contributed by atoms with E-state index in [0.717, 1.165) is 36.6 Å². The minimum absolute atomic E-state index is 0.00766. The lowest BCUT2D eigenvalue weighted by molar-refractivity contribution is -0.121. The summed E-state index contributed by atoms with van der Waals surface area (Å²) in [6.45, 7) is 3.77. The number of nitrogens with one attached hydrogen (secondary N) is 1. The number of carbonyl (C=O) groups excluding carboxylic acids is 1. The van der Waals surface area contributed by atoms with E-state index in [-0.39, 0.29) is 5.91 Å². The van der Waals surface area contributed by atoms with Gasteiger partial charge in [0.15, 0.2) is 5.82 Å². The van der Waals surface area contributed by atoms with Crippen LogP contribution in [0.15, 0.2) is 30.5 Å². The van der Waals surface area contributed by atoms with Gasteiger partial charge in [-0.1, -0.05) is 24.6 Å². The summed E-state index contributed by atoms with van der Waals surface area (Å²) in [6, 6.07) is 8.16. The Labute approximate surface area is 146 Å². The Bertz CT molecular complexity index is 908. The van der Waals surface area contributed by atoms with Crippen LogP contribution in [0.5, 0.6) is 0 Å². The summed E-state index contributed by atoms with van der Waals surface area (Å²) in [7, 11) is 0. The fourth-order valence-electron chi connectivity index (χ4n) is 3.63. The molecule has 0 aliphatic carbocycles. The zero-order valence-corrected chi connectivity index (χ0v) is 14.5. The zero-order valence-electron chi connectivity index (χ0n) is 14.5. The summed E-state index contributed by atoms with van der Waals surface area (Å²) in [4.78, 5) is 12.4. The van der Waals surface area contributed by atoms with E-state index in [9.17, 15) is 4.79 Å². The second kappa shape index (κ2) is 6.70. The third kappa shape index (κ3) is 3.16. The molecule has 2 aromatic heterocycles. The molecular formula is C19H23N5O. The number of aryl methyl sites for hydroxylation is 2. The molecule has 6 nitrogen and oxygen atoms in total. The van der Waals surface area contributed by atoms with Crippen molar-refractivity contribution in [3.8, 4) is 0 Å². The molecule has 1 amide bonds. The maximum atomic E-state index is 12.4. The smallest absolute Gasteiger partial charge is 0.240 e. The van der Waals surface area contributed by atoms with Gasteiger partial charge in [0.05, 0.1) is 6.54 Å². The molecular weight excluding hydrogens is 314 g/mol. The number of benzene rings is 1. The van der Waals surface area contributed by atoms with Crippen LogP contribution in [0.1, 0.15) is 36.5 Å². The van der Waals surface area contributed by atoms with Gasteiger partial charge in [0, 0.05) is 30.1 Å². The van der Waals surface area contributed by atoms with Gasteiger partial charge < -0.3 is 14.5 Å². The zero-order chi connectivity index (χ0) is 17.2. The maximum Gasteiger partial charge on any atom is 0.240 e. The predicted molar refractivity (Wildman–Crippen MR) is 96.1 cm³/mol. The van der Waals surface area contributed by atoms with Crippen LogP contribution < -0.4 is 5.32 Å². The highest BCUT2D eigenvalue weighted by atomic mass is 16.1. The van der Waals surface area contributed by atoms with Crippen LogP contribution in [0.3, 0.4) is 0 Å². The number of rotatable bonds is 4. The molecule has 3 aromatic rings. The van der Waals surface area contributed by atoms with Crippen molar-refractivity contribution in [2.75, 3.05) is 0 Å². The van der Waals surface area contributed by atoms with Crippen molar-refractivity contribution in [1.82, 2.24) is 24.6 Å². The highest BCUT2D eigenvalue weighted by molar-refractivity contribution is 5.85. The van der Waals surface area contributed by atoms with E-state index in [1.165, 1.54) is 23.8 Å². The lowest BCUT2D eigenvalue weighted by Gasteiger charge is -2.09. The summed E-state index contributed by atoms with van der Waals surface area (Å²) in [6.07, 6.45) is 6.57. The van der Waals surface area contributed by atoms with E-state index in [2.05, 4.69) is 33.1 Å². The van der Waals surface area contributed by atoms with Gasteiger partial charge in [-0.2, -0.15) is 0 Å². The minimum Gasteiger partial charge on any atom is -0.347 e. The first-order chi connectivity index (χ1) is 12.2. The molecule has 0 unspecified atom stereocenters. The normalized spacial score (nSPS) is 14.3. The molecule has 1 aliphatic rings. The number of hydrogen-bond donors (Lipinski definition) is 1. The van der Waals surface area contributed by atoms with Gasteiger partial charge in [0.2, 0.25) is 5.91 Å². The van der Waals surface area contributed by atoms with Crippen molar-refractivity contribution in [2.45, 2.75) is 52.2 Å². The largest absolute Gasteiger partial charge is 0.347 e. The Kier molecular flexibility index (Phi) is 4.26. The van der Waals surface area contributed by atoms with Crippen LogP contribution in [0, 0.1) is 6.92 Å². The van der Waals surface area contributed by atoms with Crippen molar-refractivity contribution in [1.29, 1.82) is 0 Å². The molecule has 0 spiro atoms. The van der Waals surface area contributed by atoms with Gasteiger partial charge in [-0.25, -0.2) is 0 Å². The standard InChI is InChI=1S/C19H23N5O/c1-14-12-23(16-8-5-4-7-15(14)16)13-19(25)20-11-18-22-21-17-9-3-2-6-10-24(17)18/h4-5,7-8,12H,2-3,6,9-11,13H2,1H3,(H,20,25). The van der Waals surface area contributed by atoms with Crippen molar-refractivity contribution in [3.05, 3.63) is 47.7 Å². The number of aromatic nitrogens is 4. The molecule has 130 valence electrons. The SMILES string of the molecule is Cc1cn(CC(=O)NCc2nnc3n2CCCCC3)c2ccccc12. The molecule has 0 atom stereocenters. The van der Waals surface area contributed by atoms with Crippen LogP contribution >= 0.6 is 0 Å². The van der Waals surface area contributed by atoms with Gasteiger partial charge in [-0.05, 0) is 31.4 Å². The van der Waals surface area contributed by atoms with Crippen molar-refractivity contribution >= 4 is 16.8 Å². The van der Waals surface area contributed by atoms with Crippen LogP contribution in [-0.2, 0) is 30.8 Å². The first-order valence-electron chi connectivity index (χ1n) is 8.94. The Balaban J connectivity index is 1.44. The van der Waals surface area contributed by atoms with E-state index in [1.54, 1.807) is 0 Å². The van der Waals surface area contributed by atoms with Gasteiger partial charge in [-0.15, -0.1) is 10.2 Å². The molecule has 0 saturated heterocycles. The van der Waals surface area contributed by atoms with E-state index in [1.807, 2.05) is 29.0 Å². The number of nitrogens with zero attached hydrogens (tertiary/aromatic N) is 4. The quantitative estimate of drug-likeness (QED) is 0.796. The van der Waals surface area contributed by atoms with E-state index in [0.29, 0.717) is 13.1 Å². The van der Waals surface area contributed by atoms with E-state index in [4.69, 9.17) is 0 Å². The Morgan fingerprint density at radius 1 is 1.20 bits per heavy atom. The first-order valence-corrected chi connectivity index (χ1v) is 8.94. The average molecular weight is 337 g/mol. The fraction of sp³-hybridized carbons (Fsp3) is 0.421. The fourth-order valence-corrected chi connectivity index (χ4v) is 3.63. The second-order valence-corrected chi connectivity index (χ2v) is 6.73. The molecule has 0 bridgehead atoms. The summed E-state index contributed by atoms with van der Waals surface area (Å²) >= 11 is 0. The lowest BCUT2D eigenvalue weighted by atomic mass is 10.2. The summed E-state index contributed by atoms with van der Waals surface area (Å²) < 4.78 is 4.17. The van der Waals surface area contributed by atoms with E-state index >= 15 is 0 Å². The van der Waals surface area contributed by atoms with Gasteiger partial charge in [0.25, 0.3) is 0 Å². The average Bonchev–Trinajstić information content (AvgIpc) is 3.05. The third-order valence-corrected chi connectivity index (χ3v) is 4.93. The first kappa shape index (κ1) is 15.9. The van der Waals surface area contributed by atoms with Crippen LogP contribution in [0.4, 0.5) is 0 Å². The van der Waals surface area contributed by atoms with Crippen LogP contribution in [-0.4, -0.2) is 25.2 Å². The van der Waals surface area contributed by atoms with Gasteiger partial charge in [0.1, 0.15) is 12.4 Å². The molecule has 1 N–H and O–H groups in total. The number of hydrogen-bond acceptors (Lipinski definition) is 3. The summed E-state index contributed by atoms with van der Waals surface area (Å²) in [5, 5.41) is 12.7. The van der Waals surface area contributed by atoms with Crippen molar-refractivity contribution in [2.24, 2.45) is 0 Å². The monoisotopic (exact) mass is 337 g/mol. The van der Waals surface area contributed by atoms with E-state index < -0.39 is 0 Å². The number of fused-ring (bicyclic) bond motifs is 2. The van der Waals surface area contributed by atoms with Gasteiger partial charge in [-0.3, -0.25) is 4.79 Å². The van der Waals surface area contributed by atoms with Crippen molar-refractivity contribution in [3.63, 3.8) is 0 Å². The molecule has 1 aromatic carbocycles. The molecule has 3 heterocycles. The molecule has 25 heavy (non-hydrogen) atoms. The van der Waals surface area contributed by atoms with Crippen molar-refractivity contribution < 1.29 is 4.79 Å². The predicted octanol–water partition coefficient (Wildman–Crippen LogP) is 2.58. The Morgan fingerprint density at radius 3 is 3.00 bits per heavy atom. The highest BCUT2D eigenvalue weighted by Crippen LogP contribution is 2.20. The molecule has 1 aliphatic heterocycles. The molecule has 0 fully saturated rings. The highest BCUT2D eigenvalue weighted by Gasteiger charge is 2.15. The topological polar surface area (TPSA) is 64.7 Å². The molecule has 6 heteroatoms. The third-order valence-electron chi connectivity index (χ3n) is 4.93. The molecule has 0 radical (unpaired) electrons. The van der Waals surface area contributed by atoms with Crippen LogP contribution in [0.25, 0.3) is 10.9 Å².